The fourth-order valence-electron chi connectivity index (χ4n) is 4.63. The zero-order chi connectivity index (χ0) is 27.8. The van der Waals surface area contributed by atoms with Crippen LogP contribution in [0, 0.1) is 5.82 Å². The van der Waals surface area contributed by atoms with E-state index in [0.29, 0.717) is 10.1 Å². The van der Waals surface area contributed by atoms with Crippen molar-refractivity contribution in [3.05, 3.63) is 107 Å². The number of carbonyl (C=O) groups is 2. The largest absolute Gasteiger partial charge is 0.507 e. The number of carbonyl (C=O) groups excluding carboxylic acids is 2. The maximum atomic E-state index is 14.4. The van der Waals surface area contributed by atoms with Crippen LogP contribution in [0.4, 0.5) is 9.52 Å². The molecule has 3 aromatic carbocycles. The Kier molecular flexibility index (Phi) is 6.82. The van der Waals surface area contributed by atoms with E-state index in [2.05, 4.69) is 34.5 Å². The molecule has 5 aromatic rings. The summed E-state index contributed by atoms with van der Waals surface area (Å²) in [5.41, 5.74) is 0.892. The molecule has 0 saturated carbocycles. The Bertz CT molecular complexity index is 1780. The topological polar surface area (TPSA) is 106 Å². The van der Waals surface area contributed by atoms with Gasteiger partial charge in [0.1, 0.15) is 17.6 Å². The molecule has 0 spiro atoms. The molecule has 1 aliphatic rings. The normalized spacial score (nSPS) is 16.6. The van der Waals surface area contributed by atoms with Gasteiger partial charge in [-0.3, -0.25) is 14.5 Å². The number of hydrogen-bond donors (Lipinski definition) is 1. The van der Waals surface area contributed by atoms with E-state index in [4.69, 9.17) is 9.15 Å². The van der Waals surface area contributed by atoms with Crippen LogP contribution in [0.5, 0.6) is 5.75 Å². The van der Waals surface area contributed by atoms with Gasteiger partial charge in [-0.15, -0.1) is 10.2 Å². The zero-order valence-electron chi connectivity index (χ0n) is 20.9. The Morgan fingerprint density at radius 2 is 1.93 bits per heavy atom. The molecule has 1 saturated heterocycles. The third-order valence-corrected chi connectivity index (χ3v) is 8.62. The first kappa shape index (κ1) is 25.8. The molecule has 200 valence electrons. The number of anilines is 1. The molecule has 1 N–H and O–H groups in total. The molecule has 0 bridgehead atoms. The van der Waals surface area contributed by atoms with Crippen LogP contribution < -0.4 is 9.64 Å². The van der Waals surface area contributed by atoms with Gasteiger partial charge in [-0.05, 0) is 46.7 Å². The zero-order valence-corrected chi connectivity index (χ0v) is 22.5. The summed E-state index contributed by atoms with van der Waals surface area (Å²) in [6.07, 6.45) is 1.40. The Labute approximate surface area is 235 Å². The minimum absolute atomic E-state index is 0.0106. The second kappa shape index (κ2) is 10.6. The van der Waals surface area contributed by atoms with E-state index >= 15 is 0 Å². The molecular formula is C29H20FN3O5S2. The Hall–Kier alpha value is -4.48. The van der Waals surface area contributed by atoms with Crippen molar-refractivity contribution in [2.45, 2.75) is 16.1 Å². The third-order valence-electron chi connectivity index (χ3n) is 6.52. The van der Waals surface area contributed by atoms with Crippen molar-refractivity contribution in [3.63, 3.8) is 0 Å². The number of furan rings is 1. The monoisotopic (exact) mass is 573 g/mol. The summed E-state index contributed by atoms with van der Waals surface area (Å²) in [7, 11) is 1.32. The van der Waals surface area contributed by atoms with E-state index in [1.807, 2.05) is 18.2 Å². The first-order valence-corrected chi connectivity index (χ1v) is 13.9. The second-order valence-corrected chi connectivity index (χ2v) is 11.0. The first-order valence-electron chi connectivity index (χ1n) is 12.1. The van der Waals surface area contributed by atoms with Crippen LogP contribution in [-0.2, 0) is 15.3 Å². The van der Waals surface area contributed by atoms with Gasteiger partial charge in [-0.2, -0.15) is 0 Å². The lowest BCUT2D eigenvalue weighted by molar-refractivity contribution is -0.132. The highest BCUT2D eigenvalue weighted by atomic mass is 32.2. The number of nitrogens with zero attached hydrogens (tertiary/aromatic N) is 3. The van der Waals surface area contributed by atoms with Gasteiger partial charge in [0.05, 0.1) is 18.9 Å². The number of ether oxygens (including phenoxy) is 1. The fourth-order valence-corrected chi connectivity index (χ4v) is 6.50. The SMILES string of the molecule is COc1ccc(C(O)=C2C(=O)C(=O)N(c3nnc(SCc4cccc5ccccc45)s3)C2c2ccco2)cc1F. The highest BCUT2D eigenvalue weighted by molar-refractivity contribution is 8.00. The smallest absolute Gasteiger partial charge is 0.302 e. The van der Waals surface area contributed by atoms with Gasteiger partial charge < -0.3 is 14.3 Å². The van der Waals surface area contributed by atoms with Crippen molar-refractivity contribution in [2.75, 3.05) is 12.0 Å². The molecule has 2 aromatic heterocycles. The van der Waals surface area contributed by atoms with E-state index in [-0.39, 0.29) is 27.8 Å². The Morgan fingerprint density at radius 1 is 1.10 bits per heavy atom. The Morgan fingerprint density at radius 3 is 2.70 bits per heavy atom. The molecule has 1 amide bonds. The van der Waals surface area contributed by atoms with Gasteiger partial charge in [0, 0.05) is 11.3 Å². The van der Waals surface area contributed by atoms with Crippen molar-refractivity contribution in [3.8, 4) is 5.75 Å². The number of halogens is 1. The van der Waals surface area contributed by atoms with Crippen molar-refractivity contribution in [1.29, 1.82) is 0 Å². The summed E-state index contributed by atoms with van der Waals surface area (Å²) >= 11 is 2.61. The molecule has 6 rings (SSSR count). The molecule has 11 heteroatoms. The lowest BCUT2D eigenvalue weighted by Crippen LogP contribution is -2.29. The first-order chi connectivity index (χ1) is 19.5. The molecule has 1 unspecified atom stereocenters. The number of benzene rings is 3. The number of aromatic nitrogens is 2. The average Bonchev–Trinajstić information content (AvgIpc) is 3.72. The maximum Gasteiger partial charge on any atom is 0.302 e. The highest BCUT2D eigenvalue weighted by Gasteiger charge is 2.49. The average molecular weight is 574 g/mol. The number of fused-ring (bicyclic) bond motifs is 1. The highest BCUT2D eigenvalue weighted by Crippen LogP contribution is 2.44. The number of aliphatic hydroxyl groups is 1. The molecule has 1 aliphatic heterocycles. The summed E-state index contributed by atoms with van der Waals surface area (Å²) in [4.78, 5) is 27.7. The van der Waals surface area contributed by atoms with Gasteiger partial charge in [0.25, 0.3) is 5.78 Å². The van der Waals surface area contributed by atoms with Crippen LogP contribution in [0.15, 0.2) is 93.4 Å². The van der Waals surface area contributed by atoms with Gasteiger partial charge in [0.15, 0.2) is 15.9 Å². The second-order valence-electron chi connectivity index (χ2n) is 8.81. The summed E-state index contributed by atoms with van der Waals surface area (Å²) in [6.45, 7) is 0. The summed E-state index contributed by atoms with van der Waals surface area (Å²) in [5.74, 6) is -2.29. The predicted octanol–water partition coefficient (Wildman–Crippen LogP) is 6.35. The number of thioether (sulfide) groups is 1. The number of aliphatic hydroxyl groups excluding tert-OH is 1. The molecule has 1 atom stereocenters. The van der Waals surface area contributed by atoms with Gasteiger partial charge in [-0.25, -0.2) is 4.39 Å². The fraction of sp³-hybridized carbons (Fsp3) is 0.103. The van der Waals surface area contributed by atoms with E-state index in [1.165, 1.54) is 37.3 Å². The van der Waals surface area contributed by atoms with Crippen LogP contribution in [-0.4, -0.2) is 34.1 Å². The molecule has 8 nitrogen and oxygen atoms in total. The van der Waals surface area contributed by atoms with Crippen LogP contribution in [0.1, 0.15) is 22.9 Å². The van der Waals surface area contributed by atoms with Crippen LogP contribution in [0.2, 0.25) is 0 Å². The number of amides is 1. The molecular weight excluding hydrogens is 553 g/mol. The third kappa shape index (κ3) is 4.52. The summed E-state index contributed by atoms with van der Waals surface area (Å²) in [5, 5.41) is 22.0. The van der Waals surface area contributed by atoms with E-state index in [9.17, 15) is 19.1 Å². The predicted molar refractivity (Wildman–Crippen MR) is 150 cm³/mol. The minimum atomic E-state index is -1.12. The van der Waals surface area contributed by atoms with Crippen molar-refractivity contribution >= 4 is 56.5 Å². The number of hydrogen-bond acceptors (Lipinski definition) is 9. The van der Waals surface area contributed by atoms with Crippen molar-refractivity contribution in [2.24, 2.45) is 0 Å². The number of rotatable bonds is 7. The van der Waals surface area contributed by atoms with Gasteiger partial charge in [-0.1, -0.05) is 65.6 Å². The lowest BCUT2D eigenvalue weighted by atomic mass is 9.99. The van der Waals surface area contributed by atoms with Crippen LogP contribution >= 0.6 is 23.1 Å². The standard InChI is InChI=1S/C29H20FN3O5S2/c1-37-21-12-11-17(14-20(21)30)25(34)23-24(22-10-5-13-38-22)33(27(36)26(23)35)28-31-32-29(40-28)39-15-18-8-4-7-16-6-2-3-9-19(16)18/h2-14,24,34H,15H2,1H3. The number of methoxy groups -OCH3 is 1. The van der Waals surface area contributed by atoms with Crippen molar-refractivity contribution < 1.29 is 28.2 Å². The number of Topliss-reactive ketones (excluding diaryl/α,β-unsaturated/α-hetero) is 1. The van der Waals surface area contributed by atoms with E-state index < -0.39 is 29.3 Å². The van der Waals surface area contributed by atoms with Crippen LogP contribution in [0.3, 0.4) is 0 Å². The quantitative estimate of drug-likeness (QED) is 0.0790. The van der Waals surface area contributed by atoms with E-state index in [1.54, 1.807) is 12.1 Å². The van der Waals surface area contributed by atoms with Gasteiger partial charge >= 0.3 is 5.91 Å². The summed E-state index contributed by atoms with van der Waals surface area (Å²) < 4.78 is 25.5. The molecule has 0 radical (unpaired) electrons. The lowest BCUT2D eigenvalue weighted by Gasteiger charge is -2.20. The number of ketones is 1. The van der Waals surface area contributed by atoms with Gasteiger partial charge in [0.2, 0.25) is 5.13 Å². The van der Waals surface area contributed by atoms with E-state index in [0.717, 1.165) is 38.6 Å². The molecule has 40 heavy (non-hydrogen) atoms. The molecule has 0 aliphatic carbocycles. The van der Waals surface area contributed by atoms with Crippen molar-refractivity contribution in [1.82, 2.24) is 10.2 Å². The molecule has 1 fully saturated rings. The maximum absolute atomic E-state index is 14.4. The van der Waals surface area contributed by atoms with Crippen LogP contribution in [0.25, 0.3) is 16.5 Å². The minimum Gasteiger partial charge on any atom is -0.507 e. The summed E-state index contributed by atoms with van der Waals surface area (Å²) in [6, 6.07) is 20.0. The molecule has 3 heterocycles. The Balaban J connectivity index is 1.34.